The van der Waals surface area contributed by atoms with E-state index in [4.69, 9.17) is 9.47 Å². The molecule has 0 atom stereocenters. The van der Waals surface area contributed by atoms with Crippen molar-refractivity contribution in [1.29, 1.82) is 0 Å². The minimum absolute atomic E-state index is 0.100. The second-order valence-electron chi connectivity index (χ2n) is 3.38. The van der Waals surface area contributed by atoms with Crippen molar-refractivity contribution in [3.8, 4) is 0 Å². The fourth-order valence-electron chi connectivity index (χ4n) is 1.17. The van der Waals surface area contributed by atoms with Crippen molar-refractivity contribution in [2.45, 2.75) is 4.90 Å². The largest absolute Gasteiger partial charge is 0.382 e. The average molecular weight is 262 g/mol. The summed E-state index contributed by atoms with van der Waals surface area (Å²) in [5.41, 5.74) is 0. The topological polar surface area (TPSA) is 52.6 Å². The molecule has 96 valence electrons. The first-order chi connectivity index (χ1) is 8.06. The van der Waals surface area contributed by atoms with E-state index in [0.29, 0.717) is 13.2 Å². The number of hydrogen-bond acceptors (Lipinski definition) is 4. The van der Waals surface area contributed by atoms with Gasteiger partial charge in [-0.05, 0) is 24.3 Å². The lowest BCUT2D eigenvalue weighted by Crippen LogP contribution is -2.14. The maximum absolute atomic E-state index is 12.6. The Morgan fingerprint density at radius 1 is 1.12 bits per heavy atom. The summed E-state index contributed by atoms with van der Waals surface area (Å²) in [7, 11) is -1.86. The predicted molar refractivity (Wildman–Crippen MR) is 61.1 cm³/mol. The van der Waals surface area contributed by atoms with Crippen LogP contribution in [0.2, 0.25) is 0 Å². The quantitative estimate of drug-likeness (QED) is 0.548. The van der Waals surface area contributed by atoms with Crippen molar-refractivity contribution in [3.05, 3.63) is 30.1 Å². The van der Waals surface area contributed by atoms with Gasteiger partial charge in [-0.15, -0.1) is 0 Å². The molecule has 1 aromatic carbocycles. The normalized spacial score (nSPS) is 11.6. The molecule has 0 N–H and O–H groups in total. The minimum atomic E-state index is -3.40. The molecular formula is C11H15FO4S. The van der Waals surface area contributed by atoms with Gasteiger partial charge in [0.1, 0.15) is 5.82 Å². The monoisotopic (exact) mass is 262 g/mol. The van der Waals surface area contributed by atoms with Crippen molar-refractivity contribution < 1.29 is 22.3 Å². The van der Waals surface area contributed by atoms with Gasteiger partial charge < -0.3 is 9.47 Å². The SMILES string of the molecule is COCCOCCS(=O)(=O)c1ccc(F)cc1. The summed E-state index contributed by atoms with van der Waals surface area (Å²) in [5.74, 6) is -0.581. The second-order valence-corrected chi connectivity index (χ2v) is 5.49. The number of hydrogen-bond donors (Lipinski definition) is 0. The highest BCUT2D eigenvalue weighted by molar-refractivity contribution is 7.91. The van der Waals surface area contributed by atoms with Crippen LogP contribution >= 0.6 is 0 Å². The summed E-state index contributed by atoms with van der Waals surface area (Å²) in [6, 6.07) is 4.75. The Labute approximate surface area is 100 Å². The fraction of sp³-hybridized carbons (Fsp3) is 0.455. The number of sulfone groups is 1. The van der Waals surface area contributed by atoms with E-state index >= 15 is 0 Å². The summed E-state index contributed by atoms with van der Waals surface area (Å²) in [5, 5.41) is 0. The molecule has 0 amide bonds. The van der Waals surface area contributed by atoms with Crippen LogP contribution in [0, 0.1) is 5.82 Å². The highest BCUT2D eigenvalue weighted by Gasteiger charge is 2.13. The Morgan fingerprint density at radius 3 is 2.35 bits per heavy atom. The van der Waals surface area contributed by atoms with E-state index in [1.54, 1.807) is 7.11 Å². The van der Waals surface area contributed by atoms with Crippen LogP contribution in [0.25, 0.3) is 0 Å². The zero-order chi connectivity index (χ0) is 12.7. The van der Waals surface area contributed by atoms with E-state index in [9.17, 15) is 12.8 Å². The molecule has 0 unspecified atom stereocenters. The molecule has 0 spiro atoms. The maximum atomic E-state index is 12.6. The summed E-state index contributed by atoms with van der Waals surface area (Å²) in [4.78, 5) is 0.106. The Kier molecular flexibility index (Phi) is 5.54. The third-order valence-electron chi connectivity index (χ3n) is 2.10. The first-order valence-electron chi connectivity index (χ1n) is 5.11. The highest BCUT2D eigenvalue weighted by Crippen LogP contribution is 2.11. The molecule has 0 aliphatic carbocycles. The van der Waals surface area contributed by atoms with Crippen molar-refractivity contribution in [2.75, 3.05) is 32.7 Å². The zero-order valence-corrected chi connectivity index (χ0v) is 10.4. The Balaban J connectivity index is 2.48. The highest BCUT2D eigenvalue weighted by atomic mass is 32.2. The molecule has 17 heavy (non-hydrogen) atoms. The number of rotatable bonds is 7. The Bertz CT molecular complexity index is 427. The Hall–Kier alpha value is -0.980. The zero-order valence-electron chi connectivity index (χ0n) is 9.56. The second kappa shape index (κ2) is 6.68. The molecular weight excluding hydrogens is 247 g/mol. The number of methoxy groups -OCH3 is 1. The standard InChI is InChI=1S/C11H15FO4S/c1-15-6-7-16-8-9-17(13,14)11-4-2-10(12)3-5-11/h2-5H,6-9H2,1H3. The van der Waals surface area contributed by atoms with Gasteiger partial charge in [-0.25, -0.2) is 12.8 Å². The van der Waals surface area contributed by atoms with Crippen LogP contribution in [0.1, 0.15) is 0 Å². The van der Waals surface area contributed by atoms with Gasteiger partial charge in [-0.3, -0.25) is 0 Å². The van der Waals surface area contributed by atoms with Gasteiger partial charge in [0.05, 0.1) is 30.5 Å². The third-order valence-corrected chi connectivity index (χ3v) is 3.80. The van der Waals surface area contributed by atoms with Gasteiger partial charge in [0.15, 0.2) is 9.84 Å². The van der Waals surface area contributed by atoms with Crippen molar-refractivity contribution in [1.82, 2.24) is 0 Å². The lowest BCUT2D eigenvalue weighted by molar-refractivity contribution is 0.0785. The van der Waals surface area contributed by atoms with Crippen LogP contribution < -0.4 is 0 Å². The number of ether oxygens (including phenoxy) is 2. The van der Waals surface area contributed by atoms with E-state index in [-0.39, 0.29) is 17.3 Å². The molecule has 0 aliphatic heterocycles. The van der Waals surface area contributed by atoms with E-state index in [2.05, 4.69) is 0 Å². The smallest absolute Gasteiger partial charge is 0.180 e. The molecule has 6 heteroatoms. The maximum Gasteiger partial charge on any atom is 0.180 e. The molecule has 0 saturated carbocycles. The van der Waals surface area contributed by atoms with Gasteiger partial charge in [0.2, 0.25) is 0 Å². The first kappa shape index (κ1) is 14.1. The fourth-order valence-corrected chi connectivity index (χ4v) is 2.30. The number of halogens is 1. The van der Waals surface area contributed by atoms with Crippen molar-refractivity contribution in [3.63, 3.8) is 0 Å². The van der Waals surface area contributed by atoms with Crippen molar-refractivity contribution in [2.24, 2.45) is 0 Å². The number of benzene rings is 1. The van der Waals surface area contributed by atoms with Gasteiger partial charge in [0, 0.05) is 7.11 Å². The van der Waals surface area contributed by atoms with Gasteiger partial charge in [0.25, 0.3) is 0 Å². The molecule has 4 nitrogen and oxygen atoms in total. The molecule has 0 bridgehead atoms. The lowest BCUT2D eigenvalue weighted by atomic mass is 10.4. The molecule has 0 radical (unpaired) electrons. The molecule has 0 aliphatic rings. The van der Waals surface area contributed by atoms with E-state index in [1.165, 1.54) is 12.1 Å². The molecule has 1 rings (SSSR count). The Morgan fingerprint density at radius 2 is 1.76 bits per heavy atom. The van der Waals surface area contributed by atoms with Gasteiger partial charge in [-0.1, -0.05) is 0 Å². The predicted octanol–water partition coefficient (Wildman–Crippen LogP) is 1.26. The van der Waals surface area contributed by atoms with E-state index < -0.39 is 15.7 Å². The van der Waals surface area contributed by atoms with Crippen LogP contribution in [-0.4, -0.2) is 41.1 Å². The summed E-state index contributed by atoms with van der Waals surface area (Å²) < 4.78 is 46.0. The van der Waals surface area contributed by atoms with Crippen molar-refractivity contribution >= 4 is 9.84 Å². The first-order valence-corrected chi connectivity index (χ1v) is 6.76. The van der Waals surface area contributed by atoms with E-state index in [0.717, 1.165) is 12.1 Å². The van der Waals surface area contributed by atoms with Crippen LogP contribution in [0.4, 0.5) is 4.39 Å². The minimum Gasteiger partial charge on any atom is -0.382 e. The van der Waals surface area contributed by atoms with Gasteiger partial charge >= 0.3 is 0 Å². The summed E-state index contributed by atoms with van der Waals surface area (Å²) >= 11 is 0. The molecule has 1 aromatic rings. The van der Waals surface area contributed by atoms with Crippen LogP contribution in [0.3, 0.4) is 0 Å². The average Bonchev–Trinajstić information content (AvgIpc) is 2.29. The van der Waals surface area contributed by atoms with Crippen LogP contribution in [0.15, 0.2) is 29.2 Å². The molecule has 0 heterocycles. The van der Waals surface area contributed by atoms with Crippen LogP contribution in [-0.2, 0) is 19.3 Å². The summed E-state index contributed by atoms with van der Waals surface area (Å²) in [6.07, 6.45) is 0. The third kappa shape index (κ3) is 4.80. The molecule has 0 aromatic heterocycles. The van der Waals surface area contributed by atoms with E-state index in [1.807, 2.05) is 0 Å². The molecule has 0 fully saturated rings. The summed E-state index contributed by atoms with van der Waals surface area (Å²) in [6.45, 7) is 0.884. The van der Waals surface area contributed by atoms with Gasteiger partial charge in [-0.2, -0.15) is 0 Å². The van der Waals surface area contributed by atoms with Crippen LogP contribution in [0.5, 0.6) is 0 Å². The lowest BCUT2D eigenvalue weighted by Gasteiger charge is -2.05. The molecule has 0 saturated heterocycles.